The van der Waals surface area contributed by atoms with Crippen molar-refractivity contribution in [2.24, 2.45) is 17.8 Å². The Hall–Kier alpha value is -1.96. The van der Waals surface area contributed by atoms with E-state index in [0.717, 1.165) is 38.1 Å². The first-order chi connectivity index (χ1) is 15.5. The number of piperidine rings is 2. The average Bonchev–Trinajstić information content (AvgIpc) is 2.76. The highest BCUT2D eigenvalue weighted by Crippen LogP contribution is 2.34. The first-order valence-corrected chi connectivity index (χ1v) is 12.1. The second-order valence-corrected chi connectivity index (χ2v) is 10.1. The first-order valence-electron chi connectivity index (χ1n) is 11.7. The third kappa shape index (κ3) is 6.34. The molecular formula is C24H33ClF3N3O2. The molecule has 0 aromatic heterocycles. The van der Waals surface area contributed by atoms with E-state index in [1.807, 2.05) is 18.7 Å². The molecule has 3 rings (SSSR count). The fraction of sp³-hybridized carbons (Fsp3) is 0.667. The number of carbonyl (C=O) groups is 2. The van der Waals surface area contributed by atoms with Gasteiger partial charge in [0.15, 0.2) is 0 Å². The minimum Gasteiger partial charge on any atom is -0.372 e. The molecule has 1 unspecified atom stereocenters. The van der Waals surface area contributed by atoms with Gasteiger partial charge in [-0.3, -0.25) is 9.59 Å². The highest BCUT2D eigenvalue weighted by Gasteiger charge is 2.35. The van der Waals surface area contributed by atoms with Crippen LogP contribution in [0.4, 0.5) is 18.9 Å². The van der Waals surface area contributed by atoms with Gasteiger partial charge in [-0.2, -0.15) is 13.2 Å². The van der Waals surface area contributed by atoms with Crippen LogP contribution in [-0.2, 0) is 15.8 Å². The van der Waals surface area contributed by atoms with E-state index in [1.54, 1.807) is 4.90 Å². The lowest BCUT2D eigenvalue weighted by Crippen LogP contribution is -2.51. The molecule has 5 nitrogen and oxygen atoms in total. The second kappa shape index (κ2) is 10.5. The van der Waals surface area contributed by atoms with Gasteiger partial charge in [0, 0.05) is 32.1 Å². The van der Waals surface area contributed by atoms with E-state index in [1.165, 1.54) is 6.07 Å². The Labute approximate surface area is 198 Å². The Morgan fingerprint density at radius 2 is 1.76 bits per heavy atom. The van der Waals surface area contributed by atoms with E-state index in [9.17, 15) is 22.8 Å². The Morgan fingerprint density at radius 1 is 1.09 bits per heavy atom. The van der Waals surface area contributed by atoms with E-state index in [0.29, 0.717) is 37.5 Å². The molecule has 2 atom stereocenters. The molecule has 2 aliphatic heterocycles. The van der Waals surface area contributed by atoms with Gasteiger partial charge in [-0.25, -0.2) is 0 Å². The van der Waals surface area contributed by atoms with Crippen LogP contribution in [0.5, 0.6) is 0 Å². The molecule has 1 N–H and O–H groups in total. The van der Waals surface area contributed by atoms with Crippen LogP contribution in [-0.4, -0.2) is 53.8 Å². The first kappa shape index (κ1) is 25.7. The number of anilines is 1. The van der Waals surface area contributed by atoms with Gasteiger partial charge in [-0.05, 0) is 55.7 Å². The highest BCUT2D eigenvalue weighted by molar-refractivity contribution is 6.33. The van der Waals surface area contributed by atoms with E-state index in [2.05, 4.69) is 12.2 Å². The molecule has 2 fully saturated rings. The van der Waals surface area contributed by atoms with Crippen LogP contribution in [0.1, 0.15) is 52.0 Å². The molecule has 0 spiro atoms. The maximum Gasteiger partial charge on any atom is 0.416 e. The summed E-state index contributed by atoms with van der Waals surface area (Å²) in [5.74, 6) is 0.431. The van der Waals surface area contributed by atoms with Crippen LogP contribution in [0.15, 0.2) is 18.2 Å². The molecule has 0 radical (unpaired) electrons. The van der Waals surface area contributed by atoms with Crippen molar-refractivity contribution in [1.29, 1.82) is 0 Å². The number of amides is 2. The van der Waals surface area contributed by atoms with Crippen LogP contribution in [0.3, 0.4) is 0 Å². The highest BCUT2D eigenvalue weighted by atomic mass is 35.5. The molecule has 2 amide bonds. The summed E-state index contributed by atoms with van der Waals surface area (Å²) in [7, 11) is 0. The summed E-state index contributed by atoms with van der Waals surface area (Å²) in [4.78, 5) is 29.9. The fourth-order valence-corrected chi connectivity index (χ4v) is 4.92. The van der Waals surface area contributed by atoms with Crippen molar-refractivity contribution in [3.05, 3.63) is 28.8 Å². The summed E-state index contributed by atoms with van der Waals surface area (Å²) < 4.78 is 38.8. The SMILES string of the molecule is CC1CCCN(C(=O)C2CCN(C(=O)[C@@H](Nc3ccc(C(F)(F)F)cc3Cl)C(C)C)CC2)C1. The predicted molar refractivity (Wildman–Crippen MR) is 123 cm³/mol. The van der Waals surface area contributed by atoms with E-state index >= 15 is 0 Å². The molecule has 184 valence electrons. The van der Waals surface area contributed by atoms with Crippen molar-refractivity contribution in [2.75, 3.05) is 31.5 Å². The summed E-state index contributed by atoms with van der Waals surface area (Å²) in [5, 5.41) is 2.97. The molecule has 0 bridgehead atoms. The number of likely N-dealkylation sites (tertiary alicyclic amines) is 2. The number of hydrogen-bond acceptors (Lipinski definition) is 3. The summed E-state index contributed by atoms with van der Waals surface area (Å²) >= 11 is 6.08. The monoisotopic (exact) mass is 487 g/mol. The minimum absolute atomic E-state index is 0.0610. The van der Waals surface area contributed by atoms with Crippen molar-refractivity contribution < 1.29 is 22.8 Å². The third-order valence-electron chi connectivity index (χ3n) is 6.66. The van der Waals surface area contributed by atoms with Crippen LogP contribution in [0.2, 0.25) is 5.02 Å². The Balaban J connectivity index is 1.61. The third-order valence-corrected chi connectivity index (χ3v) is 6.98. The maximum absolute atomic E-state index is 13.2. The number of hydrogen-bond donors (Lipinski definition) is 1. The number of benzene rings is 1. The Bertz CT molecular complexity index is 854. The zero-order chi connectivity index (χ0) is 24.3. The fourth-order valence-electron chi connectivity index (χ4n) is 4.68. The number of alkyl halides is 3. The van der Waals surface area contributed by atoms with E-state index in [4.69, 9.17) is 11.6 Å². The van der Waals surface area contributed by atoms with Gasteiger partial charge in [0.2, 0.25) is 11.8 Å². The lowest BCUT2D eigenvalue weighted by molar-refractivity contribution is -0.142. The summed E-state index contributed by atoms with van der Waals surface area (Å²) in [6.07, 6.45) is -1.03. The number of rotatable bonds is 5. The lowest BCUT2D eigenvalue weighted by atomic mass is 9.92. The van der Waals surface area contributed by atoms with Gasteiger partial charge in [0.25, 0.3) is 0 Å². The molecule has 0 aliphatic carbocycles. The Morgan fingerprint density at radius 3 is 2.30 bits per heavy atom. The van der Waals surface area contributed by atoms with Crippen molar-refractivity contribution in [3.8, 4) is 0 Å². The average molecular weight is 488 g/mol. The number of nitrogens with zero attached hydrogens (tertiary/aromatic N) is 2. The van der Waals surface area contributed by atoms with Gasteiger partial charge in [0.1, 0.15) is 6.04 Å². The van der Waals surface area contributed by atoms with Gasteiger partial charge in [-0.1, -0.05) is 32.4 Å². The summed E-state index contributed by atoms with van der Waals surface area (Å²) in [5.41, 5.74) is -0.540. The van der Waals surface area contributed by atoms with E-state index in [-0.39, 0.29) is 28.7 Å². The van der Waals surface area contributed by atoms with Crippen molar-refractivity contribution in [1.82, 2.24) is 9.80 Å². The zero-order valence-electron chi connectivity index (χ0n) is 19.4. The summed E-state index contributed by atoms with van der Waals surface area (Å²) in [6.45, 7) is 8.53. The molecule has 0 saturated carbocycles. The van der Waals surface area contributed by atoms with Crippen molar-refractivity contribution in [2.45, 2.75) is 58.7 Å². The van der Waals surface area contributed by atoms with Crippen molar-refractivity contribution >= 4 is 29.1 Å². The maximum atomic E-state index is 13.2. The van der Waals surface area contributed by atoms with Crippen LogP contribution in [0.25, 0.3) is 0 Å². The molecular weight excluding hydrogens is 455 g/mol. The van der Waals surface area contributed by atoms with Crippen LogP contribution >= 0.6 is 11.6 Å². The quantitative estimate of drug-likeness (QED) is 0.613. The van der Waals surface area contributed by atoms with Crippen molar-refractivity contribution in [3.63, 3.8) is 0 Å². The molecule has 1 aromatic carbocycles. The van der Waals surface area contributed by atoms with Gasteiger partial charge in [-0.15, -0.1) is 0 Å². The molecule has 2 heterocycles. The van der Waals surface area contributed by atoms with E-state index < -0.39 is 17.8 Å². The number of nitrogens with one attached hydrogen (secondary N) is 1. The smallest absolute Gasteiger partial charge is 0.372 e. The van der Waals surface area contributed by atoms with Gasteiger partial charge >= 0.3 is 6.18 Å². The molecule has 2 aliphatic rings. The number of halogens is 4. The van der Waals surface area contributed by atoms with Crippen LogP contribution < -0.4 is 5.32 Å². The topological polar surface area (TPSA) is 52.7 Å². The zero-order valence-corrected chi connectivity index (χ0v) is 20.2. The number of carbonyl (C=O) groups excluding carboxylic acids is 2. The normalized spacial score (nSPS) is 21.3. The lowest BCUT2D eigenvalue weighted by Gasteiger charge is -2.38. The Kier molecular flexibility index (Phi) is 8.19. The van der Waals surface area contributed by atoms with Gasteiger partial charge in [0.05, 0.1) is 16.3 Å². The predicted octanol–water partition coefficient (Wildman–Crippen LogP) is 5.29. The minimum atomic E-state index is -4.48. The largest absolute Gasteiger partial charge is 0.416 e. The second-order valence-electron chi connectivity index (χ2n) is 9.69. The molecule has 1 aromatic rings. The van der Waals surface area contributed by atoms with Crippen LogP contribution in [0, 0.1) is 17.8 Å². The summed E-state index contributed by atoms with van der Waals surface area (Å²) in [6, 6.07) is 2.45. The molecule has 9 heteroatoms. The molecule has 33 heavy (non-hydrogen) atoms. The standard InChI is InChI=1S/C24H33ClF3N3O2/c1-15(2)21(29-20-7-6-18(13-19(20)25)24(26,27)28)23(33)30-11-8-17(9-12-30)22(32)31-10-4-5-16(3)14-31/h6-7,13,15-17,21,29H,4-5,8-12,14H2,1-3H3/t16?,21-/m0/s1. The molecule has 2 saturated heterocycles. The van der Waals surface area contributed by atoms with Gasteiger partial charge < -0.3 is 15.1 Å².